The number of alkyl halides is 1. The highest BCUT2D eigenvalue weighted by molar-refractivity contribution is 6.30. The lowest BCUT2D eigenvalue weighted by Crippen LogP contribution is -2.19. The van der Waals surface area contributed by atoms with Crippen molar-refractivity contribution in [3.8, 4) is 0 Å². The number of rotatable bonds is 2. The summed E-state index contributed by atoms with van der Waals surface area (Å²) in [6, 6.07) is 0. The summed E-state index contributed by atoms with van der Waals surface area (Å²) in [6.07, 6.45) is -0.242. The van der Waals surface area contributed by atoms with Gasteiger partial charge in [0.25, 0.3) is 0 Å². The van der Waals surface area contributed by atoms with E-state index >= 15 is 0 Å². The quantitative estimate of drug-likeness (QED) is 0.432. The molecule has 0 aromatic heterocycles. The van der Waals surface area contributed by atoms with Gasteiger partial charge < -0.3 is 9.84 Å². The topological polar surface area (TPSA) is 49.8 Å². The molecule has 0 unspecified atom stereocenters. The molecule has 1 aliphatic heterocycles. The van der Waals surface area contributed by atoms with Crippen LogP contribution >= 0.6 is 11.6 Å². The van der Waals surface area contributed by atoms with Crippen LogP contribution in [0.1, 0.15) is 0 Å². The Hall–Kier alpha value is -0.280. The van der Waals surface area contributed by atoms with Crippen LogP contribution in [0.3, 0.4) is 0 Å². The third-order valence-corrected chi connectivity index (χ3v) is 1.39. The number of epoxide rings is 1. The van der Waals surface area contributed by atoms with Crippen molar-refractivity contribution >= 4 is 17.6 Å². The summed E-state index contributed by atoms with van der Waals surface area (Å²) in [5, 5.41) is 7.33. The van der Waals surface area contributed by atoms with Gasteiger partial charge in [0.15, 0.2) is 5.38 Å². The largest absolute Gasteiger partial charge is 0.480 e. The molecular formula is C4H5ClO3. The van der Waals surface area contributed by atoms with Crippen LogP contribution in [0.15, 0.2) is 0 Å². The molecule has 1 saturated heterocycles. The van der Waals surface area contributed by atoms with Gasteiger partial charge in [0.2, 0.25) is 0 Å². The van der Waals surface area contributed by atoms with Gasteiger partial charge in [0.05, 0.1) is 6.61 Å². The van der Waals surface area contributed by atoms with Gasteiger partial charge in [-0.3, -0.25) is 4.79 Å². The van der Waals surface area contributed by atoms with E-state index in [1.807, 2.05) is 0 Å². The smallest absolute Gasteiger partial charge is 0.324 e. The molecule has 0 spiro atoms. The van der Waals surface area contributed by atoms with Crippen molar-refractivity contribution in [3.63, 3.8) is 0 Å². The molecule has 1 N–H and O–H groups in total. The van der Waals surface area contributed by atoms with Gasteiger partial charge >= 0.3 is 5.97 Å². The van der Waals surface area contributed by atoms with Crippen LogP contribution in [0.5, 0.6) is 0 Å². The number of halogens is 1. The molecule has 1 fully saturated rings. The van der Waals surface area contributed by atoms with Crippen molar-refractivity contribution in [1.29, 1.82) is 0 Å². The first-order chi connectivity index (χ1) is 3.72. The Labute approximate surface area is 51.2 Å². The molecular weight excluding hydrogens is 131 g/mol. The molecule has 46 valence electrons. The zero-order valence-corrected chi connectivity index (χ0v) is 4.76. The lowest BCUT2D eigenvalue weighted by atomic mass is 10.3. The highest BCUT2D eigenvalue weighted by atomic mass is 35.5. The van der Waals surface area contributed by atoms with Gasteiger partial charge in [-0.2, -0.15) is 0 Å². The van der Waals surface area contributed by atoms with E-state index in [1.165, 1.54) is 0 Å². The zero-order valence-electron chi connectivity index (χ0n) is 4.00. The van der Waals surface area contributed by atoms with E-state index in [1.54, 1.807) is 0 Å². The Morgan fingerprint density at radius 1 is 2.00 bits per heavy atom. The molecule has 2 atom stereocenters. The molecule has 0 aromatic rings. The van der Waals surface area contributed by atoms with E-state index in [2.05, 4.69) is 4.74 Å². The summed E-state index contributed by atoms with van der Waals surface area (Å²) in [6.45, 7) is 0.487. The van der Waals surface area contributed by atoms with Crippen molar-refractivity contribution < 1.29 is 14.6 Å². The summed E-state index contributed by atoms with van der Waals surface area (Å²) >= 11 is 5.29. The summed E-state index contributed by atoms with van der Waals surface area (Å²) in [7, 11) is 0. The first-order valence-corrected chi connectivity index (χ1v) is 2.64. The molecule has 0 saturated carbocycles. The number of carbonyl (C=O) groups is 1. The minimum atomic E-state index is -1.01. The van der Waals surface area contributed by atoms with Crippen LogP contribution in [0.4, 0.5) is 0 Å². The molecule has 4 heteroatoms. The normalized spacial score (nSPS) is 29.4. The number of ether oxygens (including phenoxy) is 1. The highest BCUT2D eigenvalue weighted by Gasteiger charge is 2.36. The minimum absolute atomic E-state index is 0.242. The number of aliphatic carboxylic acids is 1. The van der Waals surface area contributed by atoms with Gasteiger partial charge in [0.1, 0.15) is 6.10 Å². The Bertz CT molecular complexity index is 110. The molecule has 3 nitrogen and oxygen atoms in total. The highest BCUT2D eigenvalue weighted by Crippen LogP contribution is 2.18. The SMILES string of the molecule is O=C(O)[C@@H](Cl)[C@@H]1CO1. The van der Waals surface area contributed by atoms with Crippen molar-refractivity contribution in [2.75, 3.05) is 6.61 Å². The minimum Gasteiger partial charge on any atom is -0.480 e. The van der Waals surface area contributed by atoms with E-state index in [-0.39, 0.29) is 6.10 Å². The standard InChI is InChI=1S/C4H5ClO3/c5-3(4(6)7)2-1-8-2/h2-3H,1H2,(H,6,7)/t2-,3-/m0/s1. The predicted molar refractivity (Wildman–Crippen MR) is 27.0 cm³/mol. The molecule has 0 aliphatic carbocycles. The zero-order chi connectivity index (χ0) is 6.15. The fourth-order valence-electron chi connectivity index (χ4n) is 0.384. The first-order valence-electron chi connectivity index (χ1n) is 2.20. The van der Waals surface area contributed by atoms with Crippen molar-refractivity contribution in [2.45, 2.75) is 11.5 Å². The monoisotopic (exact) mass is 136 g/mol. The van der Waals surface area contributed by atoms with Crippen LogP contribution in [-0.2, 0) is 9.53 Å². The van der Waals surface area contributed by atoms with E-state index in [4.69, 9.17) is 16.7 Å². The summed E-state index contributed by atoms with van der Waals surface area (Å²) in [4.78, 5) is 9.97. The van der Waals surface area contributed by atoms with E-state index in [0.717, 1.165) is 0 Å². The second-order valence-corrected chi connectivity index (χ2v) is 2.08. The van der Waals surface area contributed by atoms with E-state index in [0.29, 0.717) is 6.61 Å². The van der Waals surface area contributed by atoms with Crippen molar-refractivity contribution in [1.82, 2.24) is 0 Å². The van der Waals surface area contributed by atoms with Gasteiger partial charge in [-0.05, 0) is 0 Å². The van der Waals surface area contributed by atoms with Crippen molar-refractivity contribution in [3.05, 3.63) is 0 Å². The van der Waals surface area contributed by atoms with Gasteiger partial charge in [-0.1, -0.05) is 0 Å². The molecule has 0 amide bonds. The van der Waals surface area contributed by atoms with Gasteiger partial charge in [-0.15, -0.1) is 11.6 Å². The molecule has 8 heavy (non-hydrogen) atoms. The number of carboxylic acid groups (broad SMARTS) is 1. The van der Waals surface area contributed by atoms with Crippen LogP contribution in [0.25, 0.3) is 0 Å². The molecule has 1 aliphatic rings. The van der Waals surface area contributed by atoms with Gasteiger partial charge in [-0.25, -0.2) is 0 Å². The molecule has 0 bridgehead atoms. The van der Waals surface area contributed by atoms with Crippen molar-refractivity contribution in [2.24, 2.45) is 0 Å². The Balaban J connectivity index is 2.32. The second kappa shape index (κ2) is 1.91. The fourth-order valence-corrected chi connectivity index (χ4v) is 0.529. The number of hydrogen-bond donors (Lipinski definition) is 1. The Morgan fingerprint density at radius 3 is 2.62 bits per heavy atom. The summed E-state index contributed by atoms with van der Waals surface area (Å²) in [5.41, 5.74) is 0. The third kappa shape index (κ3) is 1.11. The van der Waals surface area contributed by atoms with Crippen LogP contribution in [-0.4, -0.2) is 29.2 Å². The average molecular weight is 137 g/mol. The van der Waals surface area contributed by atoms with E-state index < -0.39 is 11.3 Å². The predicted octanol–water partition coefficient (Wildman–Crippen LogP) is 0.0772. The Kier molecular flexibility index (Phi) is 1.40. The maximum Gasteiger partial charge on any atom is 0.324 e. The average Bonchev–Trinajstić information content (AvgIpc) is 2.43. The maximum absolute atomic E-state index is 9.97. The van der Waals surface area contributed by atoms with Crippen LogP contribution < -0.4 is 0 Å². The lowest BCUT2D eigenvalue weighted by Gasteiger charge is -1.93. The molecule has 0 aromatic carbocycles. The second-order valence-electron chi connectivity index (χ2n) is 1.61. The number of carboxylic acids is 1. The Morgan fingerprint density at radius 2 is 2.50 bits per heavy atom. The number of hydrogen-bond acceptors (Lipinski definition) is 2. The first kappa shape index (κ1) is 5.85. The molecule has 1 heterocycles. The van der Waals surface area contributed by atoms with E-state index in [9.17, 15) is 4.79 Å². The molecule has 1 rings (SSSR count). The third-order valence-electron chi connectivity index (χ3n) is 0.921. The van der Waals surface area contributed by atoms with Crippen LogP contribution in [0.2, 0.25) is 0 Å². The molecule has 0 radical (unpaired) electrons. The summed E-state index contributed by atoms with van der Waals surface area (Å²) in [5.74, 6) is -1.01. The van der Waals surface area contributed by atoms with Gasteiger partial charge in [0, 0.05) is 0 Å². The maximum atomic E-state index is 9.97. The fraction of sp³-hybridized carbons (Fsp3) is 0.750. The lowest BCUT2D eigenvalue weighted by molar-refractivity contribution is -0.136. The van der Waals surface area contributed by atoms with Crippen LogP contribution in [0, 0.1) is 0 Å². The summed E-state index contributed by atoms with van der Waals surface area (Å²) < 4.78 is 4.62.